The van der Waals surface area contributed by atoms with Crippen LogP contribution >= 0.6 is 23.2 Å². The van der Waals surface area contributed by atoms with Gasteiger partial charge in [0.05, 0.1) is 15.7 Å². The SMILES string of the molecule is Cc1ccc(NC(=O)COc2ccc(Cl)c(Cl)c2)cc1Nc1nccc(-c2cccnc2)n1. The molecule has 0 atom stereocenters. The lowest BCUT2D eigenvalue weighted by molar-refractivity contribution is -0.118. The Morgan fingerprint density at radius 2 is 1.91 bits per heavy atom. The van der Waals surface area contributed by atoms with Crippen LogP contribution in [0.15, 0.2) is 73.2 Å². The third kappa shape index (κ3) is 5.97. The van der Waals surface area contributed by atoms with Gasteiger partial charge in [-0.25, -0.2) is 9.97 Å². The van der Waals surface area contributed by atoms with Gasteiger partial charge in [0.25, 0.3) is 5.91 Å². The molecule has 2 aromatic carbocycles. The largest absolute Gasteiger partial charge is 0.484 e. The number of carbonyl (C=O) groups is 1. The summed E-state index contributed by atoms with van der Waals surface area (Å²) in [5.74, 6) is 0.577. The number of nitrogens with zero attached hydrogens (tertiary/aromatic N) is 3. The van der Waals surface area contributed by atoms with Crippen LogP contribution in [0.4, 0.5) is 17.3 Å². The van der Waals surface area contributed by atoms with Gasteiger partial charge in [0.2, 0.25) is 5.95 Å². The number of anilines is 3. The molecular formula is C24H19Cl2N5O2. The number of amides is 1. The molecule has 0 aliphatic heterocycles. The number of pyridine rings is 1. The molecular weight excluding hydrogens is 461 g/mol. The van der Waals surface area contributed by atoms with Crippen LogP contribution in [0.5, 0.6) is 5.75 Å². The minimum atomic E-state index is -0.314. The highest BCUT2D eigenvalue weighted by Crippen LogP contribution is 2.27. The second-order valence-electron chi connectivity index (χ2n) is 7.07. The number of hydrogen-bond acceptors (Lipinski definition) is 6. The predicted octanol–water partition coefficient (Wildman–Crippen LogP) is 5.91. The summed E-state index contributed by atoms with van der Waals surface area (Å²) < 4.78 is 5.48. The fraction of sp³-hybridized carbons (Fsp3) is 0.0833. The third-order valence-corrected chi connectivity index (χ3v) is 5.38. The van der Waals surface area contributed by atoms with Crippen molar-refractivity contribution in [1.29, 1.82) is 0 Å². The van der Waals surface area contributed by atoms with Gasteiger partial charge in [-0.05, 0) is 55.0 Å². The first-order valence-corrected chi connectivity index (χ1v) is 10.7. The molecule has 0 aliphatic carbocycles. The first kappa shape index (κ1) is 22.5. The van der Waals surface area contributed by atoms with E-state index in [9.17, 15) is 4.79 Å². The van der Waals surface area contributed by atoms with E-state index in [-0.39, 0.29) is 12.5 Å². The number of rotatable bonds is 7. The number of nitrogens with one attached hydrogen (secondary N) is 2. The summed E-state index contributed by atoms with van der Waals surface area (Å²) in [5, 5.41) is 6.81. The Kier molecular flexibility index (Phi) is 7.02. The fourth-order valence-electron chi connectivity index (χ4n) is 2.96. The summed E-state index contributed by atoms with van der Waals surface area (Å²) in [6.07, 6.45) is 5.13. The first-order valence-electron chi connectivity index (χ1n) is 9.97. The number of benzene rings is 2. The molecule has 0 saturated carbocycles. The van der Waals surface area contributed by atoms with E-state index >= 15 is 0 Å². The molecule has 166 valence electrons. The smallest absolute Gasteiger partial charge is 0.262 e. The van der Waals surface area contributed by atoms with E-state index in [1.807, 2.05) is 43.3 Å². The minimum absolute atomic E-state index is 0.176. The summed E-state index contributed by atoms with van der Waals surface area (Å²) in [5.41, 5.74) is 3.98. The fourth-order valence-corrected chi connectivity index (χ4v) is 3.25. The lowest BCUT2D eigenvalue weighted by atomic mass is 10.1. The summed E-state index contributed by atoms with van der Waals surface area (Å²) in [6.45, 7) is 1.77. The Morgan fingerprint density at radius 1 is 1.03 bits per heavy atom. The van der Waals surface area contributed by atoms with Crippen molar-refractivity contribution in [3.05, 3.63) is 88.8 Å². The molecule has 4 aromatic rings. The second-order valence-corrected chi connectivity index (χ2v) is 7.89. The van der Waals surface area contributed by atoms with Gasteiger partial charge in [0.15, 0.2) is 6.61 Å². The number of aryl methyl sites for hydroxylation is 1. The van der Waals surface area contributed by atoms with E-state index in [1.165, 1.54) is 0 Å². The molecule has 0 fully saturated rings. The highest BCUT2D eigenvalue weighted by molar-refractivity contribution is 6.42. The van der Waals surface area contributed by atoms with Crippen LogP contribution in [0.3, 0.4) is 0 Å². The molecule has 2 N–H and O–H groups in total. The monoisotopic (exact) mass is 479 g/mol. The first-order chi connectivity index (χ1) is 16.0. The van der Waals surface area contributed by atoms with Crippen molar-refractivity contribution in [3.8, 4) is 17.0 Å². The van der Waals surface area contributed by atoms with Crippen LogP contribution in [0.25, 0.3) is 11.3 Å². The number of carbonyl (C=O) groups excluding carboxylic acids is 1. The standard InChI is InChI=1S/C24H19Cl2N5O2/c1-15-4-5-17(29-23(32)14-33-18-6-7-19(25)20(26)12-18)11-22(15)31-24-28-10-8-21(30-24)16-3-2-9-27-13-16/h2-13H,14H2,1H3,(H,29,32)(H,28,30,31). The highest BCUT2D eigenvalue weighted by atomic mass is 35.5. The van der Waals surface area contributed by atoms with Crippen LogP contribution in [0, 0.1) is 6.92 Å². The zero-order valence-electron chi connectivity index (χ0n) is 17.5. The summed E-state index contributed by atoms with van der Waals surface area (Å²) >= 11 is 11.9. The molecule has 0 bridgehead atoms. The number of hydrogen-bond donors (Lipinski definition) is 2. The third-order valence-electron chi connectivity index (χ3n) is 4.64. The van der Waals surface area contributed by atoms with E-state index in [2.05, 4.69) is 25.6 Å². The molecule has 0 saturated heterocycles. The Hall–Kier alpha value is -3.68. The minimum Gasteiger partial charge on any atom is -0.484 e. The summed E-state index contributed by atoms with van der Waals surface area (Å²) in [4.78, 5) is 25.3. The molecule has 2 aromatic heterocycles. The van der Waals surface area contributed by atoms with Gasteiger partial charge < -0.3 is 15.4 Å². The molecule has 4 rings (SSSR count). The second kappa shape index (κ2) is 10.3. The maximum Gasteiger partial charge on any atom is 0.262 e. The van der Waals surface area contributed by atoms with Gasteiger partial charge in [-0.3, -0.25) is 9.78 Å². The molecule has 0 spiro atoms. The topological polar surface area (TPSA) is 89.0 Å². The van der Waals surface area contributed by atoms with E-state index < -0.39 is 0 Å². The molecule has 9 heteroatoms. The van der Waals surface area contributed by atoms with Crippen molar-refractivity contribution in [3.63, 3.8) is 0 Å². The van der Waals surface area contributed by atoms with E-state index in [1.54, 1.807) is 36.8 Å². The lowest BCUT2D eigenvalue weighted by Gasteiger charge is -2.12. The lowest BCUT2D eigenvalue weighted by Crippen LogP contribution is -2.20. The molecule has 7 nitrogen and oxygen atoms in total. The van der Waals surface area contributed by atoms with Crippen molar-refractivity contribution in [2.45, 2.75) is 6.92 Å². The Bertz CT molecular complexity index is 1290. The predicted molar refractivity (Wildman–Crippen MR) is 130 cm³/mol. The zero-order chi connectivity index (χ0) is 23.2. The molecule has 2 heterocycles. The molecule has 0 radical (unpaired) electrons. The summed E-state index contributed by atoms with van der Waals surface area (Å²) in [6, 6.07) is 15.9. The van der Waals surface area contributed by atoms with Crippen LogP contribution in [-0.4, -0.2) is 27.5 Å². The molecule has 1 amide bonds. The maximum atomic E-state index is 12.3. The van der Waals surface area contributed by atoms with Crippen LogP contribution in [0.1, 0.15) is 5.56 Å². The maximum absolute atomic E-state index is 12.3. The van der Waals surface area contributed by atoms with Crippen molar-refractivity contribution < 1.29 is 9.53 Å². The van der Waals surface area contributed by atoms with E-state index in [0.717, 1.165) is 22.5 Å². The molecule has 0 aliphatic rings. The molecule has 0 unspecified atom stereocenters. The van der Waals surface area contributed by atoms with Crippen LogP contribution < -0.4 is 15.4 Å². The van der Waals surface area contributed by atoms with Gasteiger partial charge in [-0.15, -0.1) is 0 Å². The van der Waals surface area contributed by atoms with Gasteiger partial charge in [-0.2, -0.15) is 0 Å². The van der Waals surface area contributed by atoms with Crippen LogP contribution in [0.2, 0.25) is 10.0 Å². The van der Waals surface area contributed by atoms with Crippen molar-refractivity contribution in [2.24, 2.45) is 0 Å². The Balaban J connectivity index is 1.42. The van der Waals surface area contributed by atoms with Crippen molar-refractivity contribution >= 4 is 46.4 Å². The quantitative estimate of drug-likeness (QED) is 0.342. The zero-order valence-corrected chi connectivity index (χ0v) is 19.1. The van der Waals surface area contributed by atoms with Gasteiger partial charge in [0.1, 0.15) is 5.75 Å². The van der Waals surface area contributed by atoms with Gasteiger partial charge in [-0.1, -0.05) is 29.3 Å². The number of ether oxygens (including phenoxy) is 1. The summed E-state index contributed by atoms with van der Waals surface area (Å²) in [7, 11) is 0. The number of halogens is 2. The Morgan fingerprint density at radius 3 is 2.70 bits per heavy atom. The molecule has 33 heavy (non-hydrogen) atoms. The number of aromatic nitrogens is 3. The van der Waals surface area contributed by atoms with E-state index in [0.29, 0.717) is 27.4 Å². The average molecular weight is 480 g/mol. The van der Waals surface area contributed by atoms with Crippen molar-refractivity contribution in [2.75, 3.05) is 17.2 Å². The average Bonchev–Trinajstić information content (AvgIpc) is 2.83. The normalized spacial score (nSPS) is 10.5. The van der Waals surface area contributed by atoms with Crippen LogP contribution in [-0.2, 0) is 4.79 Å². The Labute approximate surface area is 200 Å². The van der Waals surface area contributed by atoms with Crippen molar-refractivity contribution in [1.82, 2.24) is 15.0 Å². The highest BCUT2D eigenvalue weighted by Gasteiger charge is 2.09. The van der Waals surface area contributed by atoms with E-state index in [4.69, 9.17) is 27.9 Å². The van der Waals surface area contributed by atoms with Gasteiger partial charge in [0, 0.05) is 41.6 Å². The van der Waals surface area contributed by atoms with Gasteiger partial charge >= 0.3 is 0 Å².